The number of rotatable bonds is 19. The van der Waals surface area contributed by atoms with Crippen molar-refractivity contribution in [2.75, 3.05) is 13.7 Å². The highest BCUT2D eigenvalue weighted by molar-refractivity contribution is 6.40. The molecule has 6 rings (SSSR count). The first-order valence-electron chi connectivity index (χ1n) is 18.6. The van der Waals surface area contributed by atoms with Gasteiger partial charge in [-0.25, -0.2) is 4.79 Å². The number of carbonyl (C=O) groups is 1. The first-order chi connectivity index (χ1) is 27.1. The van der Waals surface area contributed by atoms with Gasteiger partial charge in [0.1, 0.15) is 30.0 Å². The third-order valence-electron chi connectivity index (χ3n) is 9.54. The molecule has 1 saturated heterocycles. The van der Waals surface area contributed by atoms with E-state index >= 15 is 0 Å². The Morgan fingerprint density at radius 2 is 1.07 bits per heavy atom. The molecule has 1 fully saturated rings. The van der Waals surface area contributed by atoms with Crippen molar-refractivity contribution in [1.29, 1.82) is 0 Å². The predicted molar refractivity (Wildman–Crippen MR) is 213 cm³/mol. The van der Waals surface area contributed by atoms with Gasteiger partial charge >= 0.3 is 5.97 Å². The van der Waals surface area contributed by atoms with Crippen molar-refractivity contribution in [2.45, 2.75) is 69.4 Å². The zero-order valence-corrected chi connectivity index (χ0v) is 31.3. The molecule has 5 aromatic rings. The van der Waals surface area contributed by atoms with Crippen LogP contribution < -0.4 is 0 Å². The Balaban J connectivity index is 1.47. The Hall–Kier alpha value is -5.22. The summed E-state index contributed by atoms with van der Waals surface area (Å²) in [6.07, 6.45) is -1.27. The van der Waals surface area contributed by atoms with Crippen molar-refractivity contribution >= 4 is 11.7 Å². The van der Waals surface area contributed by atoms with Crippen LogP contribution in [0.1, 0.15) is 34.2 Å². The van der Waals surface area contributed by atoms with Crippen LogP contribution >= 0.6 is 0 Å². The number of hydrogen-bond donors (Lipinski definition) is 0. The van der Waals surface area contributed by atoms with Gasteiger partial charge in [0.25, 0.3) is 0 Å². The SMILES string of the molecule is C=CC[C@@]1(/C(=N/Cc2ccccc2)C(=O)OC)OC(COCc2ccccc2)[C@@H](OCc2ccccc2)[C@@H](OCc2ccccc2)C1OCc1ccccc1. The zero-order chi connectivity index (χ0) is 38.1. The number of ether oxygens (including phenoxy) is 6. The summed E-state index contributed by atoms with van der Waals surface area (Å²) < 4.78 is 39.9. The Labute approximate surface area is 324 Å². The van der Waals surface area contributed by atoms with Crippen molar-refractivity contribution in [3.63, 3.8) is 0 Å². The van der Waals surface area contributed by atoms with E-state index in [1.54, 1.807) is 6.08 Å². The van der Waals surface area contributed by atoms with Crippen molar-refractivity contribution in [3.05, 3.63) is 192 Å². The molecule has 0 aliphatic carbocycles. The van der Waals surface area contributed by atoms with Crippen LogP contribution in [0.4, 0.5) is 0 Å². The first kappa shape index (κ1) is 39.5. The lowest BCUT2D eigenvalue weighted by molar-refractivity contribution is -0.289. The lowest BCUT2D eigenvalue weighted by Gasteiger charge is -2.52. The molecule has 1 aliphatic heterocycles. The fourth-order valence-electron chi connectivity index (χ4n) is 6.84. The van der Waals surface area contributed by atoms with Gasteiger partial charge in [0.05, 0.1) is 46.7 Å². The van der Waals surface area contributed by atoms with Gasteiger partial charge in [-0.1, -0.05) is 158 Å². The van der Waals surface area contributed by atoms with Crippen LogP contribution in [-0.2, 0) is 66.2 Å². The van der Waals surface area contributed by atoms with Crippen molar-refractivity contribution < 1.29 is 33.2 Å². The number of hydrogen-bond acceptors (Lipinski definition) is 8. The zero-order valence-electron chi connectivity index (χ0n) is 31.3. The van der Waals surface area contributed by atoms with Crippen LogP contribution in [0.15, 0.2) is 169 Å². The summed E-state index contributed by atoms with van der Waals surface area (Å²) in [4.78, 5) is 19.1. The van der Waals surface area contributed by atoms with Gasteiger partial charge in [-0.3, -0.25) is 4.99 Å². The van der Waals surface area contributed by atoms with Crippen LogP contribution in [0.3, 0.4) is 0 Å². The van der Waals surface area contributed by atoms with E-state index in [4.69, 9.17) is 33.4 Å². The molecule has 0 radical (unpaired) electrons. The van der Waals surface area contributed by atoms with Crippen LogP contribution in [-0.4, -0.2) is 55.4 Å². The molecule has 55 heavy (non-hydrogen) atoms. The molecule has 0 saturated carbocycles. The second-order valence-corrected chi connectivity index (χ2v) is 13.4. The molecule has 2 unspecified atom stereocenters. The van der Waals surface area contributed by atoms with Gasteiger partial charge < -0.3 is 28.4 Å². The van der Waals surface area contributed by atoms with E-state index in [1.165, 1.54) is 7.11 Å². The lowest BCUT2D eigenvalue weighted by atomic mass is 9.78. The fraction of sp³-hybridized carbons (Fsp3) is 0.277. The number of carbonyl (C=O) groups excluding carboxylic acids is 1. The Kier molecular flexibility index (Phi) is 14.7. The van der Waals surface area contributed by atoms with Crippen molar-refractivity contribution in [1.82, 2.24) is 0 Å². The second kappa shape index (κ2) is 20.5. The second-order valence-electron chi connectivity index (χ2n) is 13.4. The maximum Gasteiger partial charge on any atom is 0.355 e. The van der Waals surface area contributed by atoms with E-state index in [2.05, 4.69) is 6.58 Å². The minimum atomic E-state index is -1.52. The number of methoxy groups -OCH3 is 1. The van der Waals surface area contributed by atoms with Crippen LogP contribution in [0.5, 0.6) is 0 Å². The van der Waals surface area contributed by atoms with Crippen molar-refractivity contribution in [3.8, 4) is 0 Å². The summed E-state index contributed by atoms with van der Waals surface area (Å²) in [5.74, 6) is -0.638. The largest absolute Gasteiger partial charge is 0.464 e. The molecule has 8 heteroatoms. The van der Waals surface area contributed by atoms with E-state index in [9.17, 15) is 4.79 Å². The number of aliphatic imine (C=N–C) groups is 1. The molecule has 284 valence electrons. The molecule has 8 nitrogen and oxygen atoms in total. The van der Waals surface area contributed by atoms with E-state index in [1.807, 2.05) is 152 Å². The molecule has 0 aromatic heterocycles. The fourth-order valence-corrected chi connectivity index (χ4v) is 6.84. The smallest absolute Gasteiger partial charge is 0.355 e. The average Bonchev–Trinajstić information content (AvgIpc) is 3.24. The van der Waals surface area contributed by atoms with Gasteiger partial charge in [0.2, 0.25) is 0 Å². The van der Waals surface area contributed by atoms with Crippen LogP contribution in [0.2, 0.25) is 0 Å². The summed E-state index contributed by atoms with van der Waals surface area (Å²) in [6.45, 7) is 5.53. The molecule has 0 N–H and O–H groups in total. The molecule has 1 heterocycles. The predicted octanol–water partition coefficient (Wildman–Crippen LogP) is 8.49. The summed E-state index contributed by atoms with van der Waals surface area (Å²) in [6, 6.07) is 49.5. The third kappa shape index (κ3) is 10.7. The molecule has 5 aromatic carbocycles. The normalized spacial score (nSPS) is 21.1. The van der Waals surface area contributed by atoms with E-state index in [0.717, 1.165) is 27.8 Å². The number of benzene rings is 5. The van der Waals surface area contributed by atoms with Crippen molar-refractivity contribution in [2.24, 2.45) is 4.99 Å². The van der Waals surface area contributed by atoms with Crippen LogP contribution in [0, 0.1) is 0 Å². The highest BCUT2D eigenvalue weighted by Gasteiger charge is 2.60. The minimum Gasteiger partial charge on any atom is -0.464 e. The van der Waals surface area contributed by atoms with Gasteiger partial charge in [-0.05, 0) is 27.8 Å². The quantitative estimate of drug-likeness (QED) is 0.0477. The number of nitrogens with zero attached hydrogens (tertiary/aromatic N) is 1. The summed E-state index contributed by atoms with van der Waals surface area (Å²) in [7, 11) is 1.35. The molecular weight excluding hydrogens is 691 g/mol. The molecule has 0 amide bonds. The minimum absolute atomic E-state index is 0.0692. The molecule has 1 aliphatic rings. The highest BCUT2D eigenvalue weighted by atomic mass is 16.6. The average molecular weight is 740 g/mol. The Morgan fingerprint density at radius 3 is 1.55 bits per heavy atom. The lowest BCUT2D eigenvalue weighted by Crippen LogP contribution is -2.70. The summed E-state index contributed by atoms with van der Waals surface area (Å²) in [5, 5.41) is 0. The van der Waals surface area contributed by atoms with E-state index in [-0.39, 0.29) is 45.1 Å². The molecule has 5 atom stereocenters. The Morgan fingerprint density at radius 1 is 0.636 bits per heavy atom. The highest BCUT2D eigenvalue weighted by Crippen LogP contribution is 2.41. The molecule has 0 bridgehead atoms. The van der Waals surface area contributed by atoms with E-state index in [0.29, 0.717) is 6.61 Å². The van der Waals surface area contributed by atoms with Gasteiger partial charge in [-0.2, -0.15) is 0 Å². The van der Waals surface area contributed by atoms with Gasteiger partial charge in [0.15, 0.2) is 5.71 Å². The summed E-state index contributed by atoms with van der Waals surface area (Å²) >= 11 is 0. The van der Waals surface area contributed by atoms with E-state index < -0.39 is 36.0 Å². The van der Waals surface area contributed by atoms with Gasteiger partial charge in [0, 0.05) is 6.42 Å². The monoisotopic (exact) mass is 739 g/mol. The third-order valence-corrected chi connectivity index (χ3v) is 9.54. The molecular formula is C47H49NO7. The van der Waals surface area contributed by atoms with Gasteiger partial charge in [-0.15, -0.1) is 6.58 Å². The first-order valence-corrected chi connectivity index (χ1v) is 18.6. The maximum absolute atomic E-state index is 14.1. The Bertz CT molecular complexity index is 1910. The topological polar surface area (TPSA) is 84.8 Å². The summed E-state index contributed by atoms with van der Waals surface area (Å²) in [5.41, 5.74) is 3.37. The number of esters is 1. The molecule has 0 spiro atoms. The van der Waals surface area contributed by atoms with Crippen LogP contribution in [0.25, 0.3) is 0 Å². The standard InChI is InChI=1S/C47H49NO7/c1-3-29-47(44(46(49)50-2)48-30-36-19-9-4-10-20-36)45(54-34-40-27-17-8-18-28-40)43(53-33-39-25-15-7-16-26-39)42(52-32-38-23-13-6-14-24-38)41(55-47)35-51-31-37-21-11-5-12-22-37/h3-28,41-43,45H,1,29-35H2,2H3/b48-44+/t41?,42-,43-,45?,47+/m1/s1. The maximum atomic E-state index is 14.1.